The predicted molar refractivity (Wildman–Crippen MR) is 56.5 cm³/mol. The van der Waals surface area contributed by atoms with Crippen LogP contribution in [0.3, 0.4) is 0 Å². The summed E-state index contributed by atoms with van der Waals surface area (Å²) in [5.41, 5.74) is -0.557. The first-order chi connectivity index (χ1) is 6.40. The van der Waals surface area contributed by atoms with Crippen LogP contribution in [0, 0.1) is 0 Å². The van der Waals surface area contributed by atoms with Gasteiger partial charge in [0.05, 0.1) is 6.10 Å². The van der Waals surface area contributed by atoms with Crippen molar-refractivity contribution in [1.82, 2.24) is 4.90 Å². The van der Waals surface area contributed by atoms with Crippen molar-refractivity contribution < 1.29 is 9.53 Å². The molecule has 0 N–H and O–H groups in total. The molecule has 2 atom stereocenters. The Morgan fingerprint density at radius 2 is 2.29 bits per heavy atom. The maximum atomic E-state index is 11.6. The fourth-order valence-electron chi connectivity index (χ4n) is 1.70. The van der Waals surface area contributed by atoms with Gasteiger partial charge >= 0.3 is 0 Å². The van der Waals surface area contributed by atoms with Crippen molar-refractivity contribution in [2.75, 3.05) is 6.54 Å². The van der Waals surface area contributed by atoms with Crippen LogP contribution in [-0.4, -0.2) is 34.0 Å². The molecular formula is C9H15Cl2NO2. The first-order valence-electron chi connectivity index (χ1n) is 4.68. The first-order valence-corrected chi connectivity index (χ1v) is 5.55. The molecule has 1 heterocycles. The third-order valence-electron chi connectivity index (χ3n) is 2.57. The number of carbonyl (C=O) groups is 1. The van der Waals surface area contributed by atoms with Crippen LogP contribution in [-0.2, 0) is 9.53 Å². The van der Waals surface area contributed by atoms with Crippen LogP contribution in [0.5, 0.6) is 0 Å². The second-order valence-electron chi connectivity index (χ2n) is 3.71. The van der Waals surface area contributed by atoms with Gasteiger partial charge in [-0.1, -0.05) is 30.1 Å². The van der Waals surface area contributed by atoms with E-state index >= 15 is 0 Å². The molecule has 0 saturated carbocycles. The molecule has 0 spiro atoms. The number of amides is 1. The van der Waals surface area contributed by atoms with Crippen molar-refractivity contribution >= 4 is 29.1 Å². The van der Waals surface area contributed by atoms with Gasteiger partial charge in [0.15, 0.2) is 4.84 Å². The Bertz CT molecular complexity index is 235. The van der Waals surface area contributed by atoms with E-state index < -0.39 is 10.6 Å². The molecule has 1 aliphatic heterocycles. The van der Waals surface area contributed by atoms with Crippen LogP contribution in [0.4, 0.5) is 0 Å². The maximum absolute atomic E-state index is 11.6. The number of hydrogen-bond acceptors (Lipinski definition) is 2. The van der Waals surface area contributed by atoms with Crippen molar-refractivity contribution in [3.05, 3.63) is 0 Å². The average molecular weight is 240 g/mol. The fraction of sp³-hybridized carbons (Fsp3) is 0.889. The molecule has 1 fully saturated rings. The lowest BCUT2D eigenvalue weighted by molar-refractivity contribution is -0.147. The molecule has 82 valence electrons. The summed E-state index contributed by atoms with van der Waals surface area (Å²) in [6.07, 6.45) is 0.764. The van der Waals surface area contributed by atoms with Gasteiger partial charge in [0.25, 0.3) is 5.91 Å². The van der Waals surface area contributed by atoms with Gasteiger partial charge in [-0.2, -0.15) is 0 Å². The number of carbonyl (C=O) groups excluding carboxylic acids is 1. The highest BCUT2D eigenvalue weighted by Gasteiger charge is 2.44. The molecular weight excluding hydrogens is 225 g/mol. The van der Waals surface area contributed by atoms with E-state index in [0.29, 0.717) is 6.54 Å². The summed E-state index contributed by atoms with van der Waals surface area (Å²) in [6, 6.07) is 0. The second kappa shape index (κ2) is 4.25. The van der Waals surface area contributed by atoms with Crippen molar-refractivity contribution in [3.8, 4) is 0 Å². The summed E-state index contributed by atoms with van der Waals surface area (Å²) >= 11 is 11.1. The molecule has 1 aliphatic rings. The number of nitrogens with zero attached hydrogens (tertiary/aromatic N) is 1. The number of halogens is 2. The lowest BCUT2D eigenvalue weighted by Gasteiger charge is -2.32. The van der Waals surface area contributed by atoms with Crippen LogP contribution in [0.1, 0.15) is 27.2 Å². The minimum atomic E-state index is -1.00. The van der Waals surface area contributed by atoms with Crippen molar-refractivity contribution in [1.29, 1.82) is 0 Å². The lowest BCUT2D eigenvalue weighted by Crippen LogP contribution is -2.47. The molecule has 3 nitrogen and oxygen atoms in total. The van der Waals surface area contributed by atoms with Gasteiger partial charge in [0.1, 0.15) is 5.72 Å². The van der Waals surface area contributed by atoms with Crippen molar-refractivity contribution in [3.63, 3.8) is 0 Å². The Morgan fingerprint density at radius 3 is 2.71 bits per heavy atom. The van der Waals surface area contributed by atoms with Gasteiger partial charge in [-0.05, 0) is 20.3 Å². The van der Waals surface area contributed by atoms with Crippen LogP contribution in [0.15, 0.2) is 0 Å². The summed E-state index contributed by atoms with van der Waals surface area (Å²) in [5, 5.41) is 0. The molecule has 0 radical (unpaired) electrons. The molecule has 1 rings (SSSR count). The number of rotatable bonds is 2. The Hall–Kier alpha value is 0.01000. The predicted octanol–water partition coefficient (Wildman–Crippen LogP) is 2.16. The van der Waals surface area contributed by atoms with Gasteiger partial charge in [0, 0.05) is 6.54 Å². The minimum absolute atomic E-state index is 0.0379. The molecule has 0 aliphatic carbocycles. The Balaban J connectivity index is 2.82. The zero-order valence-corrected chi connectivity index (χ0v) is 10.1. The van der Waals surface area contributed by atoms with E-state index in [2.05, 4.69) is 0 Å². The van der Waals surface area contributed by atoms with Crippen LogP contribution >= 0.6 is 23.2 Å². The first kappa shape index (κ1) is 12.1. The summed E-state index contributed by atoms with van der Waals surface area (Å²) in [5.74, 6) is -0.276. The zero-order chi connectivity index (χ0) is 10.9. The minimum Gasteiger partial charge on any atom is -0.351 e. The Labute approximate surface area is 94.3 Å². The highest BCUT2D eigenvalue weighted by molar-refractivity contribution is 6.53. The highest BCUT2D eigenvalue weighted by atomic mass is 35.5. The van der Waals surface area contributed by atoms with Crippen LogP contribution < -0.4 is 0 Å². The molecule has 0 bridgehead atoms. The van der Waals surface area contributed by atoms with Gasteiger partial charge in [-0.25, -0.2) is 0 Å². The van der Waals surface area contributed by atoms with Crippen LogP contribution in [0.2, 0.25) is 0 Å². The average Bonchev–Trinajstić information content (AvgIpc) is 2.41. The molecule has 5 heteroatoms. The third-order valence-corrected chi connectivity index (χ3v) is 2.95. The topological polar surface area (TPSA) is 29.5 Å². The maximum Gasteiger partial charge on any atom is 0.258 e. The van der Waals surface area contributed by atoms with E-state index in [4.69, 9.17) is 27.9 Å². The second-order valence-corrected chi connectivity index (χ2v) is 4.80. The van der Waals surface area contributed by atoms with E-state index in [1.165, 1.54) is 0 Å². The molecule has 1 amide bonds. The quantitative estimate of drug-likeness (QED) is 0.692. The highest BCUT2D eigenvalue weighted by Crippen LogP contribution is 2.31. The smallest absolute Gasteiger partial charge is 0.258 e. The standard InChI is InChI=1S/C9H15Cl2NO2/c1-4-9(3)12(5-6(2)14-9)8(13)7(10)11/h6-7H,4-5H2,1-3H3/t6-,9?/m1/s1. The number of alkyl halides is 2. The lowest BCUT2D eigenvalue weighted by atomic mass is 10.1. The molecule has 1 unspecified atom stereocenters. The summed E-state index contributed by atoms with van der Waals surface area (Å²) in [4.78, 5) is 12.3. The Kier molecular flexibility index (Phi) is 3.67. The molecule has 0 aromatic rings. The monoisotopic (exact) mass is 239 g/mol. The SMILES string of the molecule is CCC1(C)O[C@H](C)CN1C(=O)C(Cl)Cl. The molecule has 1 saturated heterocycles. The largest absolute Gasteiger partial charge is 0.351 e. The van der Waals surface area contributed by atoms with Gasteiger partial charge in [-0.15, -0.1) is 0 Å². The van der Waals surface area contributed by atoms with E-state index in [-0.39, 0.29) is 12.0 Å². The van der Waals surface area contributed by atoms with Gasteiger partial charge in [0.2, 0.25) is 0 Å². The molecule has 14 heavy (non-hydrogen) atoms. The van der Waals surface area contributed by atoms with E-state index in [0.717, 1.165) is 6.42 Å². The van der Waals surface area contributed by atoms with Crippen molar-refractivity contribution in [2.24, 2.45) is 0 Å². The molecule has 0 aromatic heterocycles. The van der Waals surface area contributed by atoms with E-state index in [1.54, 1.807) is 4.90 Å². The fourth-order valence-corrected chi connectivity index (χ4v) is 1.94. The summed E-state index contributed by atoms with van der Waals surface area (Å²) < 4.78 is 5.67. The number of ether oxygens (including phenoxy) is 1. The third kappa shape index (κ3) is 2.15. The summed E-state index contributed by atoms with van der Waals surface area (Å²) in [7, 11) is 0. The zero-order valence-electron chi connectivity index (χ0n) is 8.59. The number of hydrogen-bond donors (Lipinski definition) is 0. The summed E-state index contributed by atoms with van der Waals surface area (Å²) in [6.45, 7) is 6.33. The Morgan fingerprint density at radius 1 is 1.71 bits per heavy atom. The molecule has 0 aromatic carbocycles. The van der Waals surface area contributed by atoms with Gasteiger partial charge in [-0.3, -0.25) is 4.79 Å². The normalized spacial score (nSPS) is 32.7. The van der Waals surface area contributed by atoms with E-state index in [9.17, 15) is 4.79 Å². The van der Waals surface area contributed by atoms with E-state index in [1.807, 2.05) is 20.8 Å². The van der Waals surface area contributed by atoms with Crippen molar-refractivity contribution in [2.45, 2.75) is 43.9 Å². The van der Waals surface area contributed by atoms with Gasteiger partial charge < -0.3 is 9.64 Å². The van der Waals surface area contributed by atoms with Crippen LogP contribution in [0.25, 0.3) is 0 Å².